The van der Waals surface area contributed by atoms with E-state index in [1.54, 1.807) is 25.7 Å². The SMILES string of the molecule is COCc1cc(N2CCC(N)CC2)nc(-c2cnccn2)n1. The number of nitrogens with two attached hydrogens (primary N) is 1. The summed E-state index contributed by atoms with van der Waals surface area (Å²) in [7, 11) is 1.66. The molecular weight excluding hydrogens is 280 g/mol. The highest BCUT2D eigenvalue weighted by atomic mass is 16.5. The van der Waals surface area contributed by atoms with Crippen molar-refractivity contribution in [3.63, 3.8) is 0 Å². The van der Waals surface area contributed by atoms with Crippen LogP contribution in [0.15, 0.2) is 24.7 Å². The Balaban J connectivity index is 1.93. The maximum Gasteiger partial charge on any atom is 0.182 e. The normalized spacial score (nSPS) is 16.0. The van der Waals surface area contributed by atoms with Crippen molar-refractivity contribution >= 4 is 5.82 Å². The van der Waals surface area contributed by atoms with Crippen LogP contribution in [0.1, 0.15) is 18.5 Å². The Hall–Kier alpha value is -2.12. The first-order chi connectivity index (χ1) is 10.8. The molecule has 7 nitrogen and oxygen atoms in total. The molecule has 3 rings (SSSR count). The van der Waals surface area contributed by atoms with Gasteiger partial charge in [0, 0.05) is 44.7 Å². The van der Waals surface area contributed by atoms with E-state index in [9.17, 15) is 0 Å². The Bertz CT molecular complexity index is 613. The third kappa shape index (κ3) is 3.37. The van der Waals surface area contributed by atoms with E-state index in [0.29, 0.717) is 18.1 Å². The van der Waals surface area contributed by atoms with Gasteiger partial charge in [0.2, 0.25) is 0 Å². The second-order valence-electron chi connectivity index (χ2n) is 5.39. The lowest BCUT2D eigenvalue weighted by Crippen LogP contribution is -2.40. The van der Waals surface area contributed by atoms with Gasteiger partial charge in [0.1, 0.15) is 11.5 Å². The predicted molar refractivity (Wildman–Crippen MR) is 83.2 cm³/mol. The minimum Gasteiger partial charge on any atom is -0.378 e. The molecule has 0 radical (unpaired) electrons. The standard InChI is InChI=1S/C15H20N6O/c1-22-10-12-8-14(21-6-2-11(16)3-7-21)20-15(19-12)13-9-17-4-5-18-13/h4-5,8-9,11H,2-3,6-7,10,16H2,1H3. The van der Waals surface area contributed by atoms with Crippen molar-refractivity contribution < 1.29 is 4.74 Å². The summed E-state index contributed by atoms with van der Waals surface area (Å²) in [6, 6.07) is 2.26. The Labute approximate surface area is 129 Å². The van der Waals surface area contributed by atoms with Crippen molar-refractivity contribution in [1.82, 2.24) is 19.9 Å². The van der Waals surface area contributed by atoms with Crippen LogP contribution in [0, 0.1) is 0 Å². The maximum absolute atomic E-state index is 5.98. The number of anilines is 1. The second kappa shape index (κ2) is 6.76. The Morgan fingerprint density at radius 1 is 1.27 bits per heavy atom. The third-order valence-electron chi connectivity index (χ3n) is 3.71. The highest BCUT2D eigenvalue weighted by molar-refractivity contribution is 5.53. The molecule has 22 heavy (non-hydrogen) atoms. The fourth-order valence-corrected chi connectivity index (χ4v) is 2.52. The summed E-state index contributed by atoms with van der Waals surface area (Å²) in [6.45, 7) is 2.26. The molecule has 0 saturated carbocycles. The van der Waals surface area contributed by atoms with Crippen LogP contribution in [0.3, 0.4) is 0 Å². The van der Waals surface area contributed by atoms with Crippen molar-refractivity contribution in [3.05, 3.63) is 30.4 Å². The van der Waals surface area contributed by atoms with Gasteiger partial charge in [-0.25, -0.2) is 15.0 Å². The lowest BCUT2D eigenvalue weighted by atomic mass is 10.1. The summed E-state index contributed by atoms with van der Waals surface area (Å²) < 4.78 is 5.21. The Morgan fingerprint density at radius 2 is 2.09 bits per heavy atom. The topological polar surface area (TPSA) is 90.1 Å². The van der Waals surface area contributed by atoms with Gasteiger partial charge in [0.15, 0.2) is 5.82 Å². The first-order valence-corrected chi connectivity index (χ1v) is 7.40. The van der Waals surface area contributed by atoms with Crippen molar-refractivity contribution in [1.29, 1.82) is 0 Å². The number of piperidine rings is 1. The highest BCUT2D eigenvalue weighted by Crippen LogP contribution is 2.21. The van der Waals surface area contributed by atoms with Crippen LogP contribution in [-0.2, 0) is 11.3 Å². The lowest BCUT2D eigenvalue weighted by molar-refractivity contribution is 0.181. The largest absolute Gasteiger partial charge is 0.378 e. The molecule has 0 aliphatic carbocycles. The summed E-state index contributed by atoms with van der Waals surface area (Å²) in [5.41, 5.74) is 7.47. The first-order valence-electron chi connectivity index (χ1n) is 7.40. The molecule has 0 amide bonds. The van der Waals surface area contributed by atoms with Gasteiger partial charge in [-0.05, 0) is 12.8 Å². The number of ether oxygens (including phenoxy) is 1. The molecule has 2 aromatic heterocycles. The summed E-state index contributed by atoms with van der Waals surface area (Å²) in [4.78, 5) is 19.8. The van der Waals surface area contributed by atoms with Gasteiger partial charge >= 0.3 is 0 Å². The Morgan fingerprint density at radius 3 is 2.77 bits per heavy atom. The van der Waals surface area contributed by atoms with Crippen LogP contribution in [-0.4, -0.2) is 46.2 Å². The van der Waals surface area contributed by atoms with Gasteiger partial charge in [-0.15, -0.1) is 0 Å². The van der Waals surface area contributed by atoms with Crippen molar-refractivity contribution in [2.45, 2.75) is 25.5 Å². The zero-order valence-electron chi connectivity index (χ0n) is 12.6. The summed E-state index contributed by atoms with van der Waals surface area (Å²) >= 11 is 0. The molecule has 0 atom stereocenters. The van der Waals surface area contributed by atoms with Crippen LogP contribution < -0.4 is 10.6 Å². The van der Waals surface area contributed by atoms with Crippen molar-refractivity contribution in [2.24, 2.45) is 5.73 Å². The zero-order valence-corrected chi connectivity index (χ0v) is 12.6. The molecule has 116 valence electrons. The molecule has 3 heterocycles. The van der Waals surface area contributed by atoms with Crippen LogP contribution in [0.4, 0.5) is 5.82 Å². The molecular formula is C15H20N6O. The van der Waals surface area contributed by atoms with Gasteiger partial charge < -0.3 is 15.4 Å². The monoisotopic (exact) mass is 300 g/mol. The molecule has 0 spiro atoms. The van der Waals surface area contributed by atoms with Gasteiger partial charge in [0.25, 0.3) is 0 Å². The number of nitrogens with zero attached hydrogens (tertiary/aromatic N) is 5. The number of hydrogen-bond acceptors (Lipinski definition) is 7. The minimum atomic E-state index is 0.288. The van der Waals surface area contributed by atoms with E-state index in [1.807, 2.05) is 6.07 Å². The molecule has 0 aromatic carbocycles. The number of rotatable bonds is 4. The first kappa shape index (κ1) is 14.8. The summed E-state index contributed by atoms with van der Waals surface area (Å²) in [5, 5.41) is 0. The van der Waals surface area contributed by atoms with Gasteiger partial charge in [-0.1, -0.05) is 0 Å². The molecule has 2 N–H and O–H groups in total. The Kier molecular flexibility index (Phi) is 4.55. The van der Waals surface area contributed by atoms with Crippen molar-refractivity contribution in [2.75, 3.05) is 25.1 Å². The molecule has 1 aliphatic heterocycles. The predicted octanol–water partition coefficient (Wildman–Crippen LogP) is 1.01. The molecule has 0 bridgehead atoms. The highest BCUT2D eigenvalue weighted by Gasteiger charge is 2.19. The van der Waals surface area contributed by atoms with E-state index in [-0.39, 0.29) is 6.04 Å². The van der Waals surface area contributed by atoms with Gasteiger partial charge in [-0.3, -0.25) is 4.98 Å². The average molecular weight is 300 g/mol. The van der Waals surface area contributed by atoms with Gasteiger partial charge in [0.05, 0.1) is 18.5 Å². The van der Waals surface area contributed by atoms with E-state index < -0.39 is 0 Å². The van der Waals surface area contributed by atoms with E-state index in [0.717, 1.165) is 37.4 Å². The van der Waals surface area contributed by atoms with E-state index >= 15 is 0 Å². The second-order valence-corrected chi connectivity index (χ2v) is 5.39. The fourth-order valence-electron chi connectivity index (χ4n) is 2.52. The number of methoxy groups -OCH3 is 1. The van der Waals surface area contributed by atoms with Crippen LogP contribution >= 0.6 is 0 Å². The molecule has 2 aromatic rings. The zero-order chi connectivity index (χ0) is 15.4. The molecule has 0 unspecified atom stereocenters. The van der Waals surface area contributed by atoms with Crippen LogP contribution in [0.2, 0.25) is 0 Å². The van der Waals surface area contributed by atoms with E-state index in [4.69, 9.17) is 10.5 Å². The lowest BCUT2D eigenvalue weighted by Gasteiger charge is -2.31. The van der Waals surface area contributed by atoms with Crippen LogP contribution in [0.25, 0.3) is 11.5 Å². The summed E-state index contributed by atoms with van der Waals surface area (Å²) in [5.74, 6) is 1.47. The van der Waals surface area contributed by atoms with E-state index in [1.165, 1.54) is 0 Å². The van der Waals surface area contributed by atoms with Gasteiger partial charge in [-0.2, -0.15) is 0 Å². The fraction of sp³-hybridized carbons (Fsp3) is 0.467. The summed E-state index contributed by atoms with van der Waals surface area (Å²) in [6.07, 6.45) is 6.90. The average Bonchev–Trinajstić information content (AvgIpc) is 2.56. The smallest absolute Gasteiger partial charge is 0.182 e. The maximum atomic E-state index is 5.98. The van der Waals surface area contributed by atoms with Crippen molar-refractivity contribution in [3.8, 4) is 11.5 Å². The van der Waals surface area contributed by atoms with E-state index in [2.05, 4.69) is 24.8 Å². The quantitative estimate of drug-likeness (QED) is 0.901. The molecule has 1 saturated heterocycles. The molecule has 1 fully saturated rings. The van der Waals surface area contributed by atoms with Crippen LogP contribution in [0.5, 0.6) is 0 Å². The number of aromatic nitrogens is 4. The number of hydrogen-bond donors (Lipinski definition) is 1. The molecule has 1 aliphatic rings. The minimum absolute atomic E-state index is 0.288. The molecule has 7 heteroatoms. The third-order valence-corrected chi connectivity index (χ3v) is 3.71.